The van der Waals surface area contributed by atoms with Crippen molar-refractivity contribution in [3.05, 3.63) is 65.0 Å². The molecule has 0 radical (unpaired) electrons. The van der Waals surface area contributed by atoms with Crippen molar-refractivity contribution in [1.82, 2.24) is 4.90 Å². The second-order valence-corrected chi connectivity index (χ2v) is 7.86. The van der Waals surface area contributed by atoms with E-state index in [4.69, 9.17) is 0 Å². The van der Waals surface area contributed by atoms with Crippen molar-refractivity contribution >= 4 is 11.6 Å². The maximum Gasteiger partial charge on any atom is 0.244 e. The summed E-state index contributed by atoms with van der Waals surface area (Å²) in [4.78, 5) is 17.0. The van der Waals surface area contributed by atoms with Crippen LogP contribution in [0.1, 0.15) is 37.5 Å². The first kappa shape index (κ1) is 16.1. The predicted molar refractivity (Wildman–Crippen MR) is 96.9 cm³/mol. The number of aryl methyl sites for hydroxylation is 1. The number of carbonyl (C=O) groups is 1. The fourth-order valence-corrected chi connectivity index (χ4v) is 4.46. The fraction of sp³-hybridized carbons (Fsp3) is 0.381. The van der Waals surface area contributed by atoms with Crippen LogP contribution in [0.4, 0.5) is 10.1 Å². The molecule has 2 aromatic carbocycles. The molecule has 25 heavy (non-hydrogen) atoms. The van der Waals surface area contributed by atoms with Gasteiger partial charge < -0.3 is 9.80 Å². The Morgan fingerprint density at radius 1 is 1.12 bits per heavy atom. The SMILES string of the molecule is Cc1ccc2c(c1)C(C)(C)C1(C)N(Cc3cccc(F)c3)C(=O)CN21. The number of hydrogen-bond donors (Lipinski definition) is 0. The smallest absolute Gasteiger partial charge is 0.244 e. The van der Waals surface area contributed by atoms with Gasteiger partial charge in [0.25, 0.3) is 0 Å². The minimum Gasteiger partial charge on any atom is -0.338 e. The van der Waals surface area contributed by atoms with Gasteiger partial charge in [-0.3, -0.25) is 4.79 Å². The maximum absolute atomic E-state index is 13.6. The van der Waals surface area contributed by atoms with Gasteiger partial charge in [0.2, 0.25) is 5.91 Å². The Morgan fingerprint density at radius 3 is 2.60 bits per heavy atom. The first-order valence-electron chi connectivity index (χ1n) is 8.69. The number of anilines is 1. The molecule has 1 unspecified atom stereocenters. The third-order valence-corrected chi connectivity index (χ3v) is 6.18. The Morgan fingerprint density at radius 2 is 1.88 bits per heavy atom. The third kappa shape index (κ3) is 2.06. The third-order valence-electron chi connectivity index (χ3n) is 6.18. The lowest BCUT2D eigenvalue weighted by molar-refractivity contribution is -0.132. The van der Waals surface area contributed by atoms with Crippen molar-refractivity contribution in [3.8, 4) is 0 Å². The summed E-state index contributed by atoms with van der Waals surface area (Å²) in [6, 6.07) is 13.0. The standard InChI is InChI=1S/C21H23FN2O/c1-14-8-9-18-17(10-14)20(2,3)21(4)23(18)13-19(25)24(21)12-15-6-5-7-16(22)11-15/h5-11H,12-13H2,1-4H3. The molecule has 1 atom stereocenters. The summed E-state index contributed by atoms with van der Waals surface area (Å²) in [5.41, 5.74) is 3.75. The molecule has 2 aromatic rings. The zero-order valence-corrected chi connectivity index (χ0v) is 15.1. The van der Waals surface area contributed by atoms with E-state index in [2.05, 4.69) is 50.8 Å². The predicted octanol–water partition coefficient (Wildman–Crippen LogP) is 3.99. The second-order valence-electron chi connectivity index (χ2n) is 7.86. The summed E-state index contributed by atoms with van der Waals surface area (Å²) in [6.45, 7) is 9.40. The molecule has 1 amide bonds. The monoisotopic (exact) mass is 338 g/mol. The Labute approximate surface area is 148 Å². The molecule has 4 rings (SSSR count). The van der Waals surface area contributed by atoms with Gasteiger partial charge in [-0.2, -0.15) is 0 Å². The van der Waals surface area contributed by atoms with Gasteiger partial charge in [0.1, 0.15) is 11.5 Å². The highest BCUT2D eigenvalue weighted by Crippen LogP contribution is 2.55. The molecular weight excluding hydrogens is 315 g/mol. The topological polar surface area (TPSA) is 23.6 Å². The Balaban J connectivity index is 1.80. The minimum atomic E-state index is -0.466. The molecule has 1 saturated heterocycles. The van der Waals surface area contributed by atoms with Gasteiger partial charge in [-0.1, -0.05) is 43.7 Å². The zero-order chi connectivity index (χ0) is 18.0. The van der Waals surface area contributed by atoms with Crippen LogP contribution in [0.2, 0.25) is 0 Å². The fourth-order valence-electron chi connectivity index (χ4n) is 4.46. The van der Waals surface area contributed by atoms with Gasteiger partial charge in [0.05, 0.1) is 6.54 Å². The number of fused-ring (bicyclic) bond motifs is 3. The van der Waals surface area contributed by atoms with Crippen molar-refractivity contribution < 1.29 is 9.18 Å². The largest absolute Gasteiger partial charge is 0.338 e. The van der Waals surface area contributed by atoms with Gasteiger partial charge in [0.15, 0.2) is 0 Å². The zero-order valence-electron chi connectivity index (χ0n) is 15.1. The molecule has 2 aliphatic rings. The first-order valence-corrected chi connectivity index (χ1v) is 8.69. The summed E-state index contributed by atoms with van der Waals surface area (Å²) in [6.07, 6.45) is 0. The Kier molecular flexibility index (Phi) is 3.27. The van der Waals surface area contributed by atoms with Crippen molar-refractivity contribution in [2.45, 2.75) is 45.3 Å². The summed E-state index contributed by atoms with van der Waals surface area (Å²) in [5, 5.41) is 0. The average Bonchev–Trinajstić information content (AvgIpc) is 2.89. The number of nitrogens with zero attached hydrogens (tertiary/aromatic N) is 2. The summed E-state index contributed by atoms with van der Waals surface area (Å²) in [7, 11) is 0. The number of amides is 1. The molecule has 0 aliphatic carbocycles. The van der Waals surface area contributed by atoms with Crippen LogP contribution in [0.25, 0.3) is 0 Å². The molecule has 0 aromatic heterocycles. The highest BCUT2D eigenvalue weighted by atomic mass is 19.1. The summed E-state index contributed by atoms with van der Waals surface area (Å²) < 4.78 is 13.6. The molecule has 0 bridgehead atoms. The van der Waals surface area contributed by atoms with Gasteiger partial charge in [-0.25, -0.2) is 4.39 Å². The first-order chi connectivity index (χ1) is 11.7. The molecule has 4 heteroatoms. The van der Waals surface area contributed by atoms with Crippen LogP contribution in [0.15, 0.2) is 42.5 Å². The van der Waals surface area contributed by atoms with Crippen LogP contribution in [0.3, 0.4) is 0 Å². The van der Waals surface area contributed by atoms with E-state index < -0.39 is 5.66 Å². The van der Waals surface area contributed by atoms with Crippen LogP contribution in [0.5, 0.6) is 0 Å². The molecule has 0 N–H and O–H groups in total. The van der Waals surface area contributed by atoms with E-state index in [0.29, 0.717) is 13.1 Å². The molecule has 2 aliphatic heterocycles. The normalized spacial score (nSPS) is 23.8. The number of benzene rings is 2. The van der Waals surface area contributed by atoms with Crippen LogP contribution < -0.4 is 4.90 Å². The Bertz CT molecular complexity index is 876. The minimum absolute atomic E-state index is 0.0889. The van der Waals surface area contributed by atoms with E-state index in [1.54, 1.807) is 6.07 Å². The number of halogens is 1. The molecule has 0 spiro atoms. The Hall–Kier alpha value is -2.36. The van der Waals surface area contributed by atoms with E-state index in [1.165, 1.54) is 23.3 Å². The molecular formula is C21H23FN2O. The van der Waals surface area contributed by atoms with Crippen molar-refractivity contribution in [2.75, 3.05) is 11.4 Å². The maximum atomic E-state index is 13.6. The van der Waals surface area contributed by atoms with Crippen LogP contribution >= 0.6 is 0 Å². The van der Waals surface area contributed by atoms with Crippen molar-refractivity contribution in [1.29, 1.82) is 0 Å². The molecule has 130 valence electrons. The highest BCUT2D eigenvalue weighted by Gasteiger charge is 2.62. The molecule has 2 heterocycles. The van der Waals surface area contributed by atoms with Gasteiger partial charge in [0, 0.05) is 17.6 Å². The van der Waals surface area contributed by atoms with Crippen molar-refractivity contribution in [2.24, 2.45) is 0 Å². The van der Waals surface area contributed by atoms with Crippen LogP contribution in [-0.2, 0) is 16.8 Å². The van der Waals surface area contributed by atoms with E-state index in [1.807, 2.05) is 11.0 Å². The van der Waals surface area contributed by atoms with E-state index in [0.717, 1.165) is 11.3 Å². The van der Waals surface area contributed by atoms with Gasteiger partial charge in [-0.15, -0.1) is 0 Å². The van der Waals surface area contributed by atoms with Crippen LogP contribution in [0, 0.1) is 12.7 Å². The lowest BCUT2D eigenvalue weighted by Gasteiger charge is -2.46. The van der Waals surface area contributed by atoms with Crippen molar-refractivity contribution in [3.63, 3.8) is 0 Å². The van der Waals surface area contributed by atoms with Gasteiger partial charge >= 0.3 is 0 Å². The molecule has 1 fully saturated rings. The summed E-state index contributed by atoms with van der Waals surface area (Å²) >= 11 is 0. The number of hydrogen-bond acceptors (Lipinski definition) is 2. The molecule has 3 nitrogen and oxygen atoms in total. The summed E-state index contributed by atoms with van der Waals surface area (Å²) in [5.74, 6) is -0.179. The second kappa shape index (κ2) is 5.07. The number of carbonyl (C=O) groups excluding carboxylic acids is 1. The van der Waals surface area contributed by atoms with E-state index in [9.17, 15) is 9.18 Å². The average molecular weight is 338 g/mol. The van der Waals surface area contributed by atoms with Crippen LogP contribution in [-0.4, -0.2) is 23.0 Å². The lowest BCUT2D eigenvalue weighted by Crippen LogP contribution is -2.59. The number of rotatable bonds is 2. The van der Waals surface area contributed by atoms with E-state index >= 15 is 0 Å². The van der Waals surface area contributed by atoms with Gasteiger partial charge in [-0.05, 0) is 43.2 Å². The highest BCUT2D eigenvalue weighted by molar-refractivity contribution is 5.90. The quantitative estimate of drug-likeness (QED) is 0.827. The lowest BCUT2D eigenvalue weighted by atomic mass is 9.75. The molecule has 0 saturated carbocycles. The van der Waals surface area contributed by atoms with E-state index in [-0.39, 0.29) is 17.1 Å².